The number of imidazole rings is 1. The second-order valence-corrected chi connectivity index (χ2v) is 8.23. The van der Waals surface area contributed by atoms with Crippen LogP contribution in [-0.2, 0) is 11.3 Å². The Hall–Kier alpha value is -2.06. The van der Waals surface area contributed by atoms with Gasteiger partial charge < -0.3 is 19.7 Å². The molecule has 0 amide bonds. The van der Waals surface area contributed by atoms with E-state index in [1.165, 1.54) is 0 Å². The summed E-state index contributed by atoms with van der Waals surface area (Å²) in [4.78, 5) is 16.3. The van der Waals surface area contributed by atoms with Gasteiger partial charge in [-0.2, -0.15) is 0 Å². The molecule has 1 unspecified atom stereocenters. The summed E-state index contributed by atoms with van der Waals surface area (Å²) in [5, 5.41) is 14.4. The summed E-state index contributed by atoms with van der Waals surface area (Å²) in [7, 11) is 1.59. The molecule has 0 fully saturated rings. The third-order valence-electron chi connectivity index (χ3n) is 4.66. The van der Waals surface area contributed by atoms with Gasteiger partial charge in [0, 0.05) is 29.4 Å². The summed E-state index contributed by atoms with van der Waals surface area (Å²) < 4.78 is 7.41. The fraction of sp³-hybridized carbons (Fsp3) is 0.238. The highest BCUT2D eigenvalue weighted by atomic mass is 79.9. The Balaban J connectivity index is 2.20. The molecule has 9 heteroatoms. The molecule has 1 atom stereocenters. The zero-order valence-electron chi connectivity index (χ0n) is 16.3. The van der Waals surface area contributed by atoms with Gasteiger partial charge in [-0.25, -0.2) is 9.78 Å². The van der Waals surface area contributed by atoms with Crippen molar-refractivity contribution >= 4 is 50.8 Å². The lowest BCUT2D eigenvalue weighted by molar-refractivity contribution is 0.0689. The molecule has 158 valence electrons. The minimum atomic E-state index is -1.12. The van der Waals surface area contributed by atoms with Crippen LogP contribution >= 0.6 is 39.1 Å². The highest BCUT2D eigenvalue weighted by molar-refractivity contribution is 9.10. The van der Waals surface area contributed by atoms with Gasteiger partial charge in [0.1, 0.15) is 0 Å². The summed E-state index contributed by atoms with van der Waals surface area (Å²) in [5.74, 6) is -1.12. The second kappa shape index (κ2) is 9.83. The summed E-state index contributed by atoms with van der Waals surface area (Å²) in [5.41, 5.74) is 3.03. The number of aryl methyl sites for hydroxylation is 1. The van der Waals surface area contributed by atoms with Gasteiger partial charge in [0.15, 0.2) is 10.4 Å². The molecule has 3 aromatic rings. The van der Waals surface area contributed by atoms with Gasteiger partial charge in [0.25, 0.3) is 0 Å². The first kappa shape index (κ1) is 22.6. The number of hydrogen-bond acceptors (Lipinski definition) is 4. The molecule has 0 bridgehead atoms. The van der Waals surface area contributed by atoms with E-state index in [-0.39, 0.29) is 5.69 Å². The predicted molar refractivity (Wildman–Crippen MR) is 122 cm³/mol. The average molecular weight is 513 g/mol. The first-order chi connectivity index (χ1) is 14.3. The molecule has 0 aliphatic carbocycles. The molecule has 1 aromatic heterocycles. The fourth-order valence-electron chi connectivity index (χ4n) is 3.15. The number of nitrogens with one attached hydrogen (secondary N) is 1. The number of aromatic carboxylic acids is 1. The third kappa shape index (κ3) is 4.98. The molecule has 1 heterocycles. The van der Waals surface area contributed by atoms with Crippen LogP contribution in [0.2, 0.25) is 10.0 Å². The SMILES string of the molecule is COCCn1c(Br)nc(C(=O)O)c1C(Nc1cc(Cl)ccc1C)c1ccc(Cl)cc1. The third-order valence-corrected chi connectivity index (χ3v) is 5.75. The number of carbonyl (C=O) groups is 1. The number of carboxylic acid groups (broad SMARTS) is 1. The highest BCUT2D eigenvalue weighted by Gasteiger charge is 2.29. The summed E-state index contributed by atoms with van der Waals surface area (Å²) in [6.45, 7) is 2.77. The Labute approximate surface area is 192 Å². The van der Waals surface area contributed by atoms with Crippen LogP contribution in [0.4, 0.5) is 5.69 Å². The van der Waals surface area contributed by atoms with Gasteiger partial charge in [0.05, 0.1) is 18.3 Å². The van der Waals surface area contributed by atoms with Crippen LogP contribution in [0.15, 0.2) is 47.2 Å². The maximum Gasteiger partial charge on any atom is 0.356 e. The van der Waals surface area contributed by atoms with E-state index >= 15 is 0 Å². The van der Waals surface area contributed by atoms with E-state index in [9.17, 15) is 9.90 Å². The van der Waals surface area contributed by atoms with Crippen LogP contribution in [0.5, 0.6) is 0 Å². The Morgan fingerprint density at radius 2 is 1.90 bits per heavy atom. The molecule has 3 rings (SSSR count). The van der Waals surface area contributed by atoms with Gasteiger partial charge in [-0.1, -0.05) is 41.4 Å². The zero-order chi connectivity index (χ0) is 21.8. The van der Waals surface area contributed by atoms with E-state index in [0.717, 1.165) is 16.8 Å². The van der Waals surface area contributed by atoms with Crippen molar-refractivity contribution in [3.63, 3.8) is 0 Å². The van der Waals surface area contributed by atoms with E-state index in [1.54, 1.807) is 23.8 Å². The Morgan fingerprint density at radius 1 is 1.23 bits per heavy atom. The van der Waals surface area contributed by atoms with Crippen molar-refractivity contribution in [1.29, 1.82) is 0 Å². The molecule has 0 aliphatic heterocycles. The normalized spacial score (nSPS) is 12.0. The Kier molecular flexibility index (Phi) is 7.41. The second-order valence-electron chi connectivity index (χ2n) is 6.65. The van der Waals surface area contributed by atoms with Gasteiger partial charge >= 0.3 is 5.97 Å². The van der Waals surface area contributed by atoms with Crippen molar-refractivity contribution in [3.8, 4) is 0 Å². The predicted octanol–water partition coefficient (Wildman–Crippen LogP) is 5.81. The largest absolute Gasteiger partial charge is 0.476 e. The van der Waals surface area contributed by atoms with Crippen molar-refractivity contribution in [2.24, 2.45) is 0 Å². The number of nitrogens with zero attached hydrogens (tertiary/aromatic N) is 2. The molecular weight excluding hydrogens is 493 g/mol. The van der Waals surface area contributed by atoms with Crippen LogP contribution in [0.3, 0.4) is 0 Å². The van der Waals surface area contributed by atoms with E-state index in [4.69, 9.17) is 27.9 Å². The standard InChI is InChI=1S/C21H20BrCl2N3O3/c1-12-3-6-15(24)11-16(12)25-17(13-4-7-14(23)8-5-13)19-18(20(28)29)26-21(22)27(19)9-10-30-2/h3-8,11,17,25H,9-10H2,1-2H3,(H,28,29). The Morgan fingerprint density at radius 3 is 2.53 bits per heavy atom. The first-order valence-corrected chi connectivity index (χ1v) is 10.6. The molecule has 2 N–H and O–H groups in total. The monoisotopic (exact) mass is 511 g/mol. The van der Waals surface area contributed by atoms with Crippen molar-refractivity contribution in [3.05, 3.63) is 79.8 Å². The number of aromatic nitrogens is 2. The number of rotatable bonds is 8. The van der Waals surface area contributed by atoms with Crippen molar-refractivity contribution in [2.45, 2.75) is 19.5 Å². The van der Waals surface area contributed by atoms with Crippen LogP contribution in [0.1, 0.15) is 33.4 Å². The lowest BCUT2D eigenvalue weighted by atomic mass is 10.0. The number of hydrogen-bond donors (Lipinski definition) is 2. The smallest absolute Gasteiger partial charge is 0.356 e. The number of methoxy groups -OCH3 is 1. The van der Waals surface area contributed by atoms with Crippen LogP contribution in [0, 0.1) is 6.92 Å². The van der Waals surface area contributed by atoms with Gasteiger partial charge in [-0.05, 0) is 58.2 Å². The molecule has 0 saturated carbocycles. The number of halogens is 3. The van der Waals surface area contributed by atoms with Crippen molar-refractivity contribution in [1.82, 2.24) is 9.55 Å². The molecule has 0 radical (unpaired) electrons. The molecule has 30 heavy (non-hydrogen) atoms. The first-order valence-electron chi connectivity index (χ1n) is 9.08. The van der Waals surface area contributed by atoms with Crippen molar-refractivity contribution < 1.29 is 14.6 Å². The fourth-order valence-corrected chi connectivity index (χ4v) is 4.00. The number of carboxylic acids is 1. The van der Waals surface area contributed by atoms with Gasteiger partial charge in [0.2, 0.25) is 0 Å². The summed E-state index contributed by atoms with van der Waals surface area (Å²) in [6, 6.07) is 12.2. The van der Waals surface area contributed by atoms with E-state index in [2.05, 4.69) is 26.2 Å². The minimum Gasteiger partial charge on any atom is -0.476 e. The zero-order valence-corrected chi connectivity index (χ0v) is 19.4. The van der Waals surface area contributed by atoms with Crippen LogP contribution in [-0.4, -0.2) is 34.3 Å². The molecule has 0 aliphatic rings. The van der Waals surface area contributed by atoms with Crippen molar-refractivity contribution in [2.75, 3.05) is 19.0 Å². The van der Waals surface area contributed by atoms with Crippen LogP contribution < -0.4 is 5.32 Å². The Bertz CT molecular complexity index is 1050. The molecule has 2 aromatic carbocycles. The van der Waals surface area contributed by atoms with Crippen LogP contribution in [0.25, 0.3) is 0 Å². The average Bonchev–Trinajstić information content (AvgIpc) is 3.04. The number of benzene rings is 2. The lowest BCUT2D eigenvalue weighted by Gasteiger charge is -2.24. The minimum absolute atomic E-state index is 0.0508. The molecule has 0 spiro atoms. The molecule has 0 saturated heterocycles. The van der Waals surface area contributed by atoms with E-state index < -0.39 is 12.0 Å². The number of anilines is 1. The lowest BCUT2D eigenvalue weighted by Crippen LogP contribution is -2.21. The quantitative estimate of drug-likeness (QED) is 0.398. The maximum absolute atomic E-state index is 12.0. The summed E-state index contributed by atoms with van der Waals surface area (Å²) >= 11 is 15.7. The number of ether oxygens (including phenoxy) is 1. The van der Waals surface area contributed by atoms with Gasteiger partial charge in [-0.3, -0.25) is 0 Å². The topological polar surface area (TPSA) is 76.4 Å². The molecular formula is C21H20BrCl2N3O3. The molecule has 6 nitrogen and oxygen atoms in total. The maximum atomic E-state index is 12.0. The van der Waals surface area contributed by atoms with E-state index in [0.29, 0.717) is 33.6 Å². The van der Waals surface area contributed by atoms with E-state index in [1.807, 2.05) is 37.3 Å². The van der Waals surface area contributed by atoms with Gasteiger partial charge in [-0.15, -0.1) is 0 Å². The summed E-state index contributed by atoms with van der Waals surface area (Å²) in [6.07, 6.45) is 0. The highest BCUT2D eigenvalue weighted by Crippen LogP contribution is 2.34.